The molecule has 2 aromatic carbocycles. The molecule has 1 amide bonds. The van der Waals surface area contributed by atoms with Gasteiger partial charge in [0, 0.05) is 22.2 Å². The SMILES string of the molecule is COc1ccc(NC(=O)Cn2nc3c4cc(Cl)ccc4ncn3c2=O)cc1OC. The molecule has 0 aliphatic carbocycles. The van der Waals surface area contributed by atoms with Crippen molar-refractivity contribution in [2.24, 2.45) is 0 Å². The minimum atomic E-state index is -0.475. The zero-order valence-electron chi connectivity index (χ0n) is 15.5. The summed E-state index contributed by atoms with van der Waals surface area (Å²) in [7, 11) is 3.03. The van der Waals surface area contributed by atoms with Gasteiger partial charge in [-0.05, 0) is 30.3 Å². The van der Waals surface area contributed by atoms with Crippen molar-refractivity contribution in [2.75, 3.05) is 19.5 Å². The summed E-state index contributed by atoms with van der Waals surface area (Å²) in [6, 6.07) is 10.1. The molecule has 29 heavy (non-hydrogen) atoms. The highest BCUT2D eigenvalue weighted by Gasteiger charge is 2.14. The van der Waals surface area contributed by atoms with E-state index in [1.165, 1.54) is 24.9 Å². The Balaban J connectivity index is 1.63. The van der Waals surface area contributed by atoms with E-state index in [1.54, 1.807) is 36.4 Å². The fourth-order valence-electron chi connectivity index (χ4n) is 2.98. The molecule has 4 rings (SSSR count). The summed E-state index contributed by atoms with van der Waals surface area (Å²) >= 11 is 6.05. The van der Waals surface area contributed by atoms with E-state index in [9.17, 15) is 9.59 Å². The number of benzene rings is 2. The first-order chi connectivity index (χ1) is 14.0. The van der Waals surface area contributed by atoms with Gasteiger partial charge in [-0.2, -0.15) is 0 Å². The molecule has 0 aliphatic heterocycles. The Labute approximate surface area is 169 Å². The number of carbonyl (C=O) groups is 1. The number of halogens is 1. The maximum Gasteiger partial charge on any atom is 0.352 e. The van der Waals surface area contributed by atoms with Crippen LogP contribution in [0, 0.1) is 0 Å². The summed E-state index contributed by atoms with van der Waals surface area (Å²) in [6.45, 7) is -0.267. The summed E-state index contributed by atoms with van der Waals surface area (Å²) in [5, 5.41) is 8.12. The number of methoxy groups -OCH3 is 2. The lowest BCUT2D eigenvalue weighted by Crippen LogP contribution is -2.28. The van der Waals surface area contributed by atoms with Crippen molar-refractivity contribution in [3.05, 3.63) is 58.2 Å². The molecule has 0 atom stereocenters. The Morgan fingerprint density at radius 2 is 1.93 bits per heavy atom. The van der Waals surface area contributed by atoms with Crippen molar-refractivity contribution in [1.29, 1.82) is 0 Å². The Bertz CT molecular complexity index is 1300. The predicted octanol–water partition coefficient (Wildman–Crippen LogP) is 2.35. The van der Waals surface area contributed by atoms with Crippen molar-refractivity contribution >= 4 is 39.7 Å². The second-order valence-corrected chi connectivity index (χ2v) is 6.59. The summed E-state index contributed by atoms with van der Waals surface area (Å²) in [5.41, 5.74) is 1.05. The molecule has 0 bridgehead atoms. The van der Waals surface area contributed by atoms with Crippen LogP contribution in [0.25, 0.3) is 16.6 Å². The van der Waals surface area contributed by atoms with Crippen LogP contribution in [-0.2, 0) is 11.3 Å². The number of hydrogen-bond acceptors (Lipinski definition) is 6. The summed E-state index contributed by atoms with van der Waals surface area (Å²) < 4.78 is 12.8. The molecule has 0 saturated heterocycles. The van der Waals surface area contributed by atoms with Crippen LogP contribution in [-0.4, -0.2) is 39.3 Å². The van der Waals surface area contributed by atoms with E-state index in [-0.39, 0.29) is 6.54 Å². The van der Waals surface area contributed by atoms with Crippen molar-refractivity contribution in [2.45, 2.75) is 6.54 Å². The van der Waals surface area contributed by atoms with Gasteiger partial charge >= 0.3 is 5.69 Å². The molecule has 2 heterocycles. The summed E-state index contributed by atoms with van der Waals surface area (Å²) in [5.74, 6) is 0.600. The largest absolute Gasteiger partial charge is 0.493 e. The minimum Gasteiger partial charge on any atom is -0.493 e. The van der Waals surface area contributed by atoms with Gasteiger partial charge in [0.2, 0.25) is 5.91 Å². The molecular weight excluding hydrogens is 398 g/mol. The molecule has 148 valence electrons. The fourth-order valence-corrected chi connectivity index (χ4v) is 3.15. The number of hydrogen-bond donors (Lipinski definition) is 1. The van der Waals surface area contributed by atoms with Gasteiger partial charge in [-0.1, -0.05) is 11.6 Å². The van der Waals surface area contributed by atoms with E-state index in [0.717, 1.165) is 4.68 Å². The van der Waals surface area contributed by atoms with Gasteiger partial charge in [0.15, 0.2) is 17.1 Å². The number of fused-ring (bicyclic) bond motifs is 3. The van der Waals surface area contributed by atoms with Crippen molar-refractivity contribution in [3.8, 4) is 11.5 Å². The number of anilines is 1. The zero-order valence-corrected chi connectivity index (χ0v) is 16.3. The smallest absolute Gasteiger partial charge is 0.352 e. The van der Waals surface area contributed by atoms with Crippen LogP contribution < -0.4 is 20.5 Å². The van der Waals surface area contributed by atoms with Crippen LogP contribution in [0.15, 0.2) is 47.5 Å². The molecule has 0 unspecified atom stereocenters. The monoisotopic (exact) mass is 413 g/mol. The maximum atomic E-state index is 12.6. The van der Waals surface area contributed by atoms with E-state index >= 15 is 0 Å². The number of nitrogens with one attached hydrogen (secondary N) is 1. The van der Waals surface area contributed by atoms with Crippen LogP contribution in [0.4, 0.5) is 5.69 Å². The number of nitrogens with zero attached hydrogens (tertiary/aromatic N) is 4. The number of rotatable bonds is 5. The van der Waals surface area contributed by atoms with Gasteiger partial charge in [0.1, 0.15) is 12.9 Å². The normalized spacial score (nSPS) is 11.0. The standard InChI is InChI=1S/C19H16ClN5O4/c1-28-15-6-4-12(8-16(15)29-2)22-17(26)9-25-19(27)24-10-21-14-5-3-11(20)7-13(14)18(24)23-25/h3-8,10H,9H2,1-2H3,(H,22,26). The molecule has 0 saturated carbocycles. The molecular formula is C19H16ClN5O4. The Morgan fingerprint density at radius 1 is 1.14 bits per heavy atom. The van der Waals surface area contributed by atoms with E-state index < -0.39 is 11.6 Å². The van der Waals surface area contributed by atoms with Crippen molar-refractivity contribution in [1.82, 2.24) is 19.2 Å². The average molecular weight is 414 g/mol. The van der Waals surface area contributed by atoms with Gasteiger partial charge in [0.25, 0.3) is 0 Å². The molecule has 10 heteroatoms. The lowest BCUT2D eigenvalue weighted by Gasteiger charge is -2.10. The Kier molecular flexibility index (Phi) is 4.81. The predicted molar refractivity (Wildman–Crippen MR) is 108 cm³/mol. The third-order valence-electron chi connectivity index (χ3n) is 4.34. The minimum absolute atomic E-state index is 0.267. The van der Waals surface area contributed by atoms with Crippen molar-refractivity contribution in [3.63, 3.8) is 0 Å². The molecule has 0 fully saturated rings. The third-order valence-corrected chi connectivity index (χ3v) is 4.58. The highest BCUT2D eigenvalue weighted by molar-refractivity contribution is 6.31. The Morgan fingerprint density at radius 3 is 2.69 bits per heavy atom. The second-order valence-electron chi connectivity index (χ2n) is 6.16. The molecule has 0 aliphatic rings. The summed E-state index contributed by atoms with van der Waals surface area (Å²) in [4.78, 5) is 29.3. The molecule has 0 radical (unpaired) electrons. The van der Waals surface area contributed by atoms with E-state index in [0.29, 0.717) is 38.8 Å². The first-order valence-corrected chi connectivity index (χ1v) is 8.93. The van der Waals surface area contributed by atoms with Gasteiger partial charge in [-0.15, -0.1) is 5.10 Å². The third kappa shape index (κ3) is 3.47. The fraction of sp³-hybridized carbons (Fsp3) is 0.158. The highest BCUT2D eigenvalue weighted by atomic mass is 35.5. The van der Waals surface area contributed by atoms with Crippen LogP contribution in [0.5, 0.6) is 11.5 Å². The van der Waals surface area contributed by atoms with Gasteiger partial charge in [0.05, 0.1) is 19.7 Å². The second kappa shape index (κ2) is 7.44. The van der Waals surface area contributed by atoms with Crippen LogP contribution in [0.1, 0.15) is 0 Å². The van der Waals surface area contributed by atoms with E-state index in [4.69, 9.17) is 21.1 Å². The first-order valence-electron chi connectivity index (χ1n) is 8.55. The molecule has 0 spiro atoms. The molecule has 9 nitrogen and oxygen atoms in total. The number of amides is 1. The number of aromatic nitrogens is 4. The van der Waals surface area contributed by atoms with Gasteiger partial charge < -0.3 is 14.8 Å². The Hall–Kier alpha value is -3.59. The zero-order chi connectivity index (χ0) is 20.5. The van der Waals surface area contributed by atoms with Gasteiger partial charge in [-0.3, -0.25) is 4.79 Å². The molecule has 1 N–H and O–H groups in total. The number of ether oxygens (including phenoxy) is 2. The molecule has 4 aromatic rings. The van der Waals surface area contributed by atoms with E-state index in [2.05, 4.69) is 15.4 Å². The first kappa shape index (κ1) is 18.8. The van der Waals surface area contributed by atoms with Crippen molar-refractivity contribution < 1.29 is 14.3 Å². The topological polar surface area (TPSA) is 99.7 Å². The quantitative estimate of drug-likeness (QED) is 0.539. The summed E-state index contributed by atoms with van der Waals surface area (Å²) in [6.07, 6.45) is 1.38. The average Bonchev–Trinajstić information content (AvgIpc) is 3.03. The van der Waals surface area contributed by atoms with Crippen LogP contribution in [0.3, 0.4) is 0 Å². The van der Waals surface area contributed by atoms with Gasteiger partial charge in [-0.25, -0.2) is 18.9 Å². The lowest BCUT2D eigenvalue weighted by molar-refractivity contribution is -0.117. The lowest BCUT2D eigenvalue weighted by atomic mass is 10.2. The maximum absolute atomic E-state index is 12.6. The molecule has 2 aromatic heterocycles. The highest BCUT2D eigenvalue weighted by Crippen LogP contribution is 2.29. The van der Waals surface area contributed by atoms with Crippen LogP contribution >= 0.6 is 11.6 Å². The van der Waals surface area contributed by atoms with Crippen LogP contribution in [0.2, 0.25) is 5.02 Å². The number of carbonyl (C=O) groups excluding carboxylic acids is 1. The van der Waals surface area contributed by atoms with E-state index in [1.807, 2.05) is 0 Å².